The molecule has 0 bridgehead atoms. The summed E-state index contributed by atoms with van der Waals surface area (Å²) in [7, 11) is 0. The summed E-state index contributed by atoms with van der Waals surface area (Å²) in [4.78, 5) is 5.10. The first kappa shape index (κ1) is 32.2. The Balaban J connectivity index is 0.00000324. The van der Waals surface area contributed by atoms with Gasteiger partial charge in [0.2, 0.25) is 0 Å². The van der Waals surface area contributed by atoms with E-state index in [-0.39, 0.29) is 47.8 Å². The van der Waals surface area contributed by atoms with Gasteiger partial charge in [0.25, 0.3) is 0 Å². The van der Waals surface area contributed by atoms with Gasteiger partial charge in [-0.25, -0.2) is 0 Å². The molecule has 6 nitrogen and oxygen atoms in total. The Hall–Kier alpha value is -1.86. The molecule has 8 heteroatoms. The van der Waals surface area contributed by atoms with Gasteiger partial charge in [-0.05, 0) is 107 Å². The van der Waals surface area contributed by atoms with Crippen LogP contribution in [0.5, 0.6) is 23.0 Å². The fraction of sp³-hybridized carbons (Fsp3) is 0.571. The van der Waals surface area contributed by atoms with E-state index in [4.69, 9.17) is 0 Å². The van der Waals surface area contributed by atoms with E-state index in [0.717, 1.165) is 63.1 Å². The van der Waals surface area contributed by atoms with Gasteiger partial charge in [0.1, 0.15) is 0 Å². The van der Waals surface area contributed by atoms with Crippen LogP contribution in [0.25, 0.3) is 0 Å². The summed E-state index contributed by atoms with van der Waals surface area (Å²) >= 11 is 0. The van der Waals surface area contributed by atoms with Crippen LogP contribution in [-0.4, -0.2) is 69.0 Å². The van der Waals surface area contributed by atoms with Crippen molar-refractivity contribution < 1.29 is 20.4 Å². The molecule has 3 rings (SSSR count). The Labute approximate surface area is 228 Å². The molecule has 0 spiro atoms. The normalized spacial score (nSPS) is 15.6. The molecule has 0 aliphatic carbocycles. The SMILES string of the molecule is CCCN(CCCCCCN1CCCC1Cc1ccc(O)c(O)c1)CCc1ccc(O)c(O)c1.Cl.Cl. The number of phenolic OH excluding ortho intramolecular Hbond substituents is 4. The van der Waals surface area contributed by atoms with Crippen molar-refractivity contribution in [3.8, 4) is 23.0 Å². The highest BCUT2D eigenvalue weighted by atomic mass is 35.5. The molecule has 1 unspecified atom stereocenters. The molecule has 2 aromatic rings. The number of phenols is 4. The number of benzene rings is 2. The van der Waals surface area contributed by atoms with Crippen LogP contribution >= 0.6 is 24.8 Å². The number of aromatic hydroxyl groups is 4. The van der Waals surface area contributed by atoms with Crippen molar-refractivity contribution in [1.82, 2.24) is 9.80 Å². The highest BCUT2D eigenvalue weighted by Crippen LogP contribution is 2.28. The summed E-state index contributed by atoms with van der Waals surface area (Å²) in [5.41, 5.74) is 2.14. The zero-order valence-electron chi connectivity index (χ0n) is 21.4. The Morgan fingerprint density at radius 1 is 0.778 bits per heavy atom. The van der Waals surface area contributed by atoms with Gasteiger partial charge in [-0.3, -0.25) is 0 Å². The molecule has 204 valence electrons. The number of hydrogen-bond donors (Lipinski definition) is 4. The molecule has 1 fully saturated rings. The van der Waals surface area contributed by atoms with E-state index in [9.17, 15) is 20.4 Å². The van der Waals surface area contributed by atoms with Crippen molar-refractivity contribution in [3.05, 3.63) is 47.5 Å². The van der Waals surface area contributed by atoms with Gasteiger partial charge in [-0.2, -0.15) is 0 Å². The lowest BCUT2D eigenvalue weighted by Gasteiger charge is -2.25. The summed E-state index contributed by atoms with van der Waals surface area (Å²) in [6, 6.07) is 10.8. The molecule has 0 radical (unpaired) electrons. The third-order valence-corrected chi connectivity index (χ3v) is 6.98. The minimum Gasteiger partial charge on any atom is -0.504 e. The van der Waals surface area contributed by atoms with Crippen molar-refractivity contribution in [1.29, 1.82) is 0 Å². The molecule has 1 heterocycles. The van der Waals surface area contributed by atoms with Crippen LogP contribution in [0.3, 0.4) is 0 Å². The smallest absolute Gasteiger partial charge is 0.157 e. The Kier molecular flexibility index (Phi) is 15.0. The van der Waals surface area contributed by atoms with Gasteiger partial charge in [0.15, 0.2) is 23.0 Å². The summed E-state index contributed by atoms with van der Waals surface area (Å²) in [6.45, 7) is 7.68. The average molecular weight is 544 g/mol. The lowest BCUT2D eigenvalue weighted by atomic mass is 10.0. The third-order valence-electron chi connectivity index (χ3n) is 6.98. The largest absolute Gasteiger partial charge is 0.504 e. The number of hydrogen-bond acceptors (Lipinski definition) is 6. The Morgan fingerprint density at radius 3 is 2.08 bits per heavy atom. The average Bonchev–Trinajstić information content (AvgIpc) is 3.25. The van der Waals surface area contributed by atoms with Crippen molar-refractivity contribution in [3.63, 3.8) is 0 Å². The van der Waals surface area contributed by atoms with Gasteiger partial charge in [-0.1, -0.05) is 31.9 Å². The van der Waals surface area contributed by atoms with Crippen LogP contribution in [0.2, 0.25) is 0 Å². The molecule has 4 N–H and O–H groups in total. The van der Waals surface area contributed by atoms with Crippen molar-refractivity contribution in [2.75, 3.05) is 32.7 Å². The highest BCUT2D eigenvalue weighted by molar-refractivity contribution is 5.85. The Bertz CT molecular complexity index is 900. The first-order valence-corrected chi connectivity index (χ1v) is 12.9. The number of unbranched alkanes of at least 4 members (excludes halogenated alkanes) is 3. The first-order valence-electron chi connectivity index (χ1n) is 12.9. The monoisotopic (exact) mass is 542 g/mol. The van der Waals surface area contributed by atoms with Crippen LogP contribution < -0.4 is 0 Å². The van der Waals surface area contributed by atoms with Gasteiger partial charge in [0, 0.05) is 12.6 Å². The van der Waals surface area contributed by atoms with E-state index in [1.807, 2.05) is 12.1 Å². The number of halogens is 2. The summed E-state index contributed by atoms with van der Waals surface area (Å²) in [5, 5.41) is 38.5. The molecular weight excluding hydrogens is 499 g/mol. The van der Waals surface area contributed by atoms with Gasteiger partial charge in [-0.15, -0.1) is 24.8 Å². The molecule has 0 saturated carbocycles. The van der Waals surface area contributed by atoms with Gasteiger partial charge < -0.3 is 30.2 Å². The predicted octanol–water partition coefficient (Wildman–Crippen LogP) is 5.87. The lowest BCUT2D eigenvalue weighted by Crippen LogP contribution is -2.32. The maximum atomic E-state index is 9.76. The lowest BCUT2D eigenvalue weighted by molar-refractivity contribution is 0.242. The number of nitrogens with zero attached hydrogens (tertiary/aromatic N) is 2. The van der Waals surface area contributed by atoms with Crippen LogP contribution in [0.1, 0.15) is 63.0 Å². The van der Waals surface area contributed by atoms with E-state index >= 15 is 0 Å². The third kappa shape index (κ3) is 10.3. The number of likely N-dealkylation sites (tertiary alicyclic amines) is 1. The second-order valence-corrected chi connectivity index (χ2v) is 9.69. The second-order valence-electron chi connectivity index (χ2n) is 9.69. The number of rotatable bonds is 14. The summed E-state index contributed by atoms with van der Waals surface area (Å²) in [5.74, 6) is -0.181. The van der Waals surface area contributed by atoms with Gasteiger partial charge >= 0.3 is 0 Å². The van der Waals surface area contributed by atoms with E-state index in [1.54, 1.807) is 24.3 Å². The fourth-order valence-corrected chi connectivity index (χ4v) is 5.06. The minimum absolute atomic E-state index is 0. The van der Waals surface area contributed by atoms with Gasteiger partial charge in [0.05, 0.1) is 0 Å². The van der Waals surface area contributed by atoms with Crippen LogP contribution in [0.15, 0.2) is 36.4 Å². The molecule has 1 saturated heterocycles. The summed E-state index contributed by atoms with van der Waals surface area (Å²) in [6.07, 6.45) is 10.3. The van der Waals surface area contributed by atoms with Crippen LogP contribution in [0, 0.1) is 0 Å². The quantitative estimate of drug-likeness (QED) is 0.176. The fourth-order valence-electron chi connectivity index (χ4n) is 5.06. The summed E-state index contributed by atoms with van der Waals surface area (Å²) < 4.78 is 0. The maximum Gasteiger partial charge on any atom is 0.157 e. The molecule has 36 heavy (non-hydrogen) atoms. The second kappa shape index (κ2) is 16.8. The van der Waals surface area contributed by atoms with E-state index in [1.165, 1.54) is 38.5 Å². The molecular formula is C28H44Cl2N2O4. The molecule has 1 aliphatic rings. The zero-order chi connectivity index (χ0) is 24.3. The van der Waals surface area contributed by atoms with Crippen molar-refractivity contribution >= 4 is 24.8 Å². The van der Waals surface area contributed by atoms with E-state index in [0.29, 0.717) is 6.04 Å². The molecule has 1 aliphatic heterocycles. The van der Waals surface area contributed by atoms with Crippen molar-refractivity contribution in [2.45, 2.75) is 70.8 Å². The molecule has 2 aromatic carbocycles. The maximum absolute atomic E-state index is 9.76. The van der Waals surface area contributed by atoms with Crippen LogP contribution in [0.4, 0.5) is 0 Å². The molecule has 0 aromatic heterocycles. The predicted molar refractivity (Wildman–Crippen MR) is 151 cm³/mol. The van der Waals surface area contributed by atoms with E-state index in [2.05, 4.69) is 16.7 Å². The highest BCUT2D eigenvalue weighted by Gasteiger charge is 2.24. The zero-order valence-corrected chi connectivity index (χ0v) is 23.1. The minimum atomic E-state index is -0.0610. The molecule has 1 atom stereocenters. The topological polar surface area (TPSA) is 87.4 Å². The van der Waals surface area contributed by atoms with Crippen molar-refractivity contribution in [2.24, 2.45) is 0 Å². The molecule has 0 amide bonds. The standard InChI is InChI=1S/C28H42N2O4.2ClH/c1-2-14-29(18-13-22-9-11-25(31)27(33)20-22)15-5-3-4-6-16-30-17-7-8-24(30)19-23-10-12-26(32)28(34)21-23;;/h9-12,20-21,24,31-34H,2-8,13-19H2,1H3;2*1H. The van der Waals surface area contributed by atoms with Crippen LogP contribution in [-0.2, 0) is 12.8 Å². The Morgan fingerprint density at radius 2 is 1.42 bits per heavy atom. The first-order chi connectivity index (χ1) is 16.5. The van der Waals surface area contributed by atoms with E-state index < -0.39 is 0 Å².